The third-order valence-electron chi connectivity index (χ3n) is 2.05. The number of hydrogen-bond acceptors (Lipinski definition) is 5. The van der Waals surface area contributed by atoms with Gasteiger partial charge in [-0.25, -0.2) is 4.31 Å². The molecular weight excluding hydrogens is 244 g/mol. The second-order valence-electron chi connectivity index (χ2n) is 3.18. The van der Waals surface area contributed by atoms with Crippen molar-refractivity contribution in [3.8, 4) is 0 Å². The second kappa shape index (κ2) is 4.71. The maximum absolute atomic E-state index is 11.4. The van der Waals surface area contributed by atoms with Gasteiger partial charge in [0.15, 0.2) is 0 Å². The number of carbonyl (C=O) groups is 2. The third kappa shape index (κ3) is 2.28. The summed E-state index contributed by atoms with van der Waals surface area (Å²) in [7, 11) is 0. The quantitative estimate of drug-likeness (QED) is 0.454. The molecular formula is C10H8N2O2S2. The van der Waals surface area contributed by atoms with Crippen LogP contribution in [0.1, 0.15) is 18.5 Å². The molecule has 0 atom stereocenters. The number of aromatic nitrogens is 1. The van der Waals surface area contributed by atoms with Gasteiger partial charge in [0.05, 0.1) is 5.69 Å². The molecule has 1 aromatic heterocycles. The fraction of sp³-hybridized carbons (Fsp3) is 0.200. The van der Waals surface area contributed by atoms with E-state index in [4.69, 9.17) is 12.2 Å². The monoisotopic (exact) mass is 252 g/mol. The maximum atomic E-state index is 11.4. The zero-order valence-corrected chi connectivity index (χ0v) is 9.88. The van der Waals surface area contributed by atoms with Crippen molar-refractivity contribution in [2.24, 2.45) is 0 Å². The molecule has 2 heterocycles. The molecule has 0 aromatic carbocycles. The van der Waals surface area contributed by atoms with Crippen molar-refractivity contribution in [3.63, 3.8) is 0 Å². The highest BCUT2D eigenvalue weighted by atomic mass is 32.2. The molecule has 0 aliphatic carbocycles. The number of hydrogen-bond donors (Lipinski definition) is 0. The molecule has 0 radical (unpaired) electrons. The van der Waals surface area contributed by atoms with E-state index in [0.29, 0.717) is 9.89 Å². The van der Waals surface area contributed by atoms with E-state index in [9.17, 15) is 9.59 Å². The molecule has 6 heteroatoms. The number of thiocarbonyl (C=S) groups is 1. The summed E-state index contributed by atoms with van der Waals surface area (Å²) in [4.78, 5) is 26.8. The van der Waals surface area contributed by atoms with Crippen LogP contribution in [0.15, 0.2) is 24.4 Å². The summed E-state index contributed by atoms with van der Waals surface area (Å²) in [6.45, 7) is 0. The molecule has 16 heavy (non-hydrogen) atoms. The van der Waals surface area contributed by atoms with Crippen molar-refractivity contribution >= 4 is 40.2 Å². The first-order valence-corrected chi connectivity index (χ1v) is 5.86. The van der Waals surface area contributed by atoms with Crippen LogP contribution < -0.4 is 0 Å². The molecule has 1 aromatic rings. The highest BCUT2D eigenvalue weighted by Gasteiger charge is 2.31. The van der Waals surface area contributed by atoms with Gasteiger partial charge in [-0.2, -0.15) is 0 Å². The van der Waals surface area contributed by atoms with Gasteiger partial charge in [-0.1, -0.05) is 18.3 Å². The minimum Gasteiger partial charge on any atom is -0.273 e. The predicted molar refractivity (Wildman–Crippen MR) is 64.6 cm³/mol. The molecule has 0 saturated carbocycles. The normalized spacial score (nSPS) is 15.6. The Balaban J connectivity index is 2.08. The Hall–Kier alpha value is -1.27. The molecule has 4 nitrogen and oxygen atoms in total. The highest BCUT2D eigenvalue weighted by molar-refractivity contribution is 8.22. The number of pyridine rings is 1. The Labute approximate surface area is 102 Å². The number of carbonyl (C=O) groups excluding carboxylic acids is 2. The Kier molecular flexibility index (Phi) is 3.31. The summed E-state index contributed by atoms with van der Waals surface area (Å²) in [5, 5.41) is 0. The highest BCUT2D eigenvalue weighted by Crippen LogP contribution is 2.24. The lowest BCUT2D eigenvalue weighted by Gasteiger charge is -2.11. The van der Waals surface area contributed by atoms with Crippen LogP contribution in [0.5, 0.6) is 0 Å². The second-order valence-corrected chi connectivity index (χ2v) is 4.80. The van der Waals surface area contributed by atoms with Crippen molar-refractivity contribution in [2.75, 3.05) is 0 Å². The lowest BCUT2D eigenvalue weighted by atomic mass is 10.4. The van der Waals surface area contributed by atoms with Gasteiger partial charge in [0.2, 0.25) is 11.8 Å². The predicted octanol–water partition coefficient (Wildman–Crippen LogP) is 1.55. The van der Waals surface area contributed by atoms with E-state index in [1.807, 2.05) is 6.07 Å². The fourth-order valence-electron chi connectivity index (χ4n) is 1.27. The molecule has 1 aliphatic heterocycles. The Bertz CT molecular complexity index is 431. The van der Waals surface area contributed by atoms with Crippen LogP contribution in [0.4, 0.5) is 0 Å². The maximum Gasteiger partial charge on any atom is 0.240 e. The largest absolute Gasteiger partial charge is 0.273 e. The van der Waals surface area contributed by atoms with Crippen molar-refractivity contribution < 1.29 is 9.59 Å². The summed E-state index contributed by atoms with van der Waals surface area (Å²) in [6, 6.07) is 5.34. The first-order valence-electron chi connectivity index (χ1n) is 4.67. The first-order chi connectivity index (χ1) is 7.68. The van der Waals surface area contributed by atoms with Crippen molar-refractivity contribution in [1.29, 1.82) is 0 Å². The molecule has 0 bridgehead atoms. The van der Waals surface area contributed by atoms with Crippen molar-refractivity contribution in [3.05, 3.63) is 30.1 Å². The number of amides is 2. The lowest BCUT2D eigenvalue weighted by molar-refractivity contribution is -0.131. The van der Waals surface area contributed by atoms with Gasteiger partial charge < -0.3 is 0 Å². The zero-order valence-electron chi connectivity index (χ0n) is 8.25. The molecule has 2 amide bonds. The van der Waals surface area contributed by atoms with Crippen LogP contribution >= 0.6 is 24.2 Å². The van der Waals surface area contributed by atoms with E-state index < -0.39 is 0 Å². The number of nitrogens with zero attached hydrogens (tertiary/aromatic N) is 2. The first kappa shape index (κ1) is 11.2. The van der Waals surface area contributed by atoms with Gasteiger partial charge in [-0.3, -0.25) is 14.6 Å². The number of rotatable bonds is 2. The van der Waals surface area contributed by atoms with Crippen LogP contribution in [0, 0.1) is 0 Å². The van der Waals surface area contributed by atoms with Crippen LogP contribution in [0.2, 0.25) is 0 Å². The van der Waals surface area contributed by atoms with Crippen molar-refractivity contribution in [1.82, 2.24) is 9.29 Å². The molecule has 82 valence electrons. The zero-order chi connectivity index (χ0) is 11.5. The molecule has 1 saturated heterocycles. The fourth-order valence-corrected chi connectivity index (χ4v) is 2.38. The lowest BCUT2D eigenvalue weighted by Crippen LogP contribution is -2.23. The van der Waals surface area contributed by atoms with Gasteiger partial charge in [0.25, 0.3) is 0 Å². The third-order valence-corrected chi connectivity index (χ3v) is 3.45. The van der Waals surface area contributed by atoms with E-state index in [1.165, 1.54) is 0 Å². The molecule has 1 aliphatic rings. The van der Waals surface area contributed by atoms with Crippen LogP contribution in [-0.4, -0.2) is 25.3 Å². The minimum absolute atomic E-state index is 0.187. The average Bonchev–Trinajstić information content (AvgIpc) is 2.62. The van der Waals surface area contributed by atoms with Crippen LogP contribution in [-0.2, 0) is 9.59 Å². The molecule has 1 fully saturated rings. The van der Waals surface area contributed by atoms with E-state index >= 15 is 0 Å². The van der Waals surface area contributed by atoms with Gasteiger partial charge in [-0.15, -0.1) is 0 Å². The standard InChI is InChI=1S/C10H8N2O2S2/c13-8-4-5-9(14)12(8)16-10(15)7-3-1-2-6-11-7/h1-3,6H,4-5H2. The molecule has 2 rings (SSSR count). The van der Waals surface area contributed by atoms with Gasteiger partial charge in [-0.05, 0) is 12.1 Å². The summed E-state index contributed by atoms with van der Waals surface area (Å²) in [5.41, 5.74) is 0.606. The van der Waals surface area contributed by atoms with E-state index in [2.05, 4.69) is 4.98 Å². The Morgan fingerprint density at radius 2 is 2.00 bits per heavy atom. The summed E-state index contributed by atoms with van der Waals surface area (Å²) < 4.78 is 1.56. The van der Waals surface area contributed by atoms with Gasteiger partial charge in [0, 0.05) is 31.0 Å². The van der Waals surface area contributed by atoms with Crippen LogP contribution in [0.25, 0.3) is 0 Å². The summed E-state index contributed by atoms with van der Waals surface area (Å²) in [6.07, 6.45) is 2.17. The SMILES string of the molecule is O=C1CCC(=O)N1SC(=S)c1ccccn1. The Morgan fingerprint density at radius 1 is 1.31 bits per heavy atom. The minimum atomic E-state index is -0.187. The molecule has 0 spiro atoms. The molecule has 0 N–H and O–H groups in total. The smallest absolute Gasteiger partial charge is 0.240 e. The molecule has 0 unspecified atom stereocenters. The topological polar surface area (TPSA) is 50.3 Å². The Morgan fingerprint density at radius 3 is 2.56 bits per heavy atom. The van der Waals surface area contributed by atoms with Crippen LogP contribution in [0.3, 0.4) is 0 Å². The van der Waals surface area contributed by atoms with Gasteiger partial charge in [0.1, 0.15) is 4.20 Å². The van der Waals surface area contributed by atoms with E-state index in [-0.39, 0.29) is 24.7 Å². The average molecular weight is 252 g/mol. The van der Waals surface area contributed by atoms with E-state index in [1.54, 1.807) is 18.3 Å². The summed E-state index contributed by atoms with van der Waals surface area (Å²) >= 11 is 6.10. The number of imide groups is 1. The van der Waals surface area contributed by atoms with Gasteiger partial charge >= 0.3 is 0 Å². The summed E-state index contributed by atoms with van der Waals surface area (Å²) in [5.74, 6) is -0.374. The van der Waals surface area contributed by atoms with Crippen molar-refractivity contribution in [2.45, 2.75) is 12.8 Å². The van der Waals surface area contributed by atoms with E-state index in [0.717, 1.165) is 16.3 Å².